The van der Waals surface area contributed by atoms with Gasteiger partial charge in [-0.2, -0.15) is 0 Å². The molecule has 14 heavy (non-hydrogen) atoms. The normalized spacial score (nSPS) is 12.9. The molecule has 1 unspecified atom stereocenters. The number of hydrogen-bond acceptors (Lipinski definition) is 2. The lowest BCUT2D eigenvalue weighted by Gasteiger charge is -2.08. The molecule has 0 aliphatic carbocycles. The van der Waals surface area contributed by atoms with Crippen LogP contribution < -0.4 is 5.32 Å². The van der Waals surface area contributed by atoms with Gasteiger partial charge < -0.3 is 10.4 Å². The minimum absolute atomic E-state index is 0.354. The Hall–Kier alpha value is -0.280. The predicted octanol–water partition coefficient (Wildman–Crippen LogP) is 2.46. The van der Waals surface area contributed by atoms with Gasteiger partial charge in [0.2, 0.25) is 0 Å². The van der Waals surface area contributed by atoms with E-state index in [0.29, 0.717) is 23.1 Å². The van der Waals surface area contributed by atoms with Crippen LogP contribution in [0.15, 0.2) is 18.2 Å². The molecule has 1 atom stereocenters. The highest BCUT2D eigenvalue weighted by Gasteiger charge is 2.03. The molecule has 0 bridgehead atoms. The zero-order valence-corrected chi connectivity index (χ0v) is 9.44. The number of aliphatic hydroxyl groups is 1. The Bertz CT molecular complexity index is 302. The van der Waals surface area contributed by atoms with Crippen LogP contribution in [0.3, 0.4) is 0 Å². The van der Waals surface area contributed by atoms with Gasteiger partial charge in [0.05, 0.1) is 16.1 Å². The van der Waals surface area contributed by atoms with Gasteiger partial charge in [-0.25, -0.2) is 0 Å². The van der Waals surface area contributed by atoms with Crippen LogP contribution in [0.5, 0.6) is 0 Å². The van der Waals surface area contributed by atoms with Crippen molar-refractivity contribution in [3.8, 4) is 0 Å². The van der Waals surface area contributed by atoms with Crippen LogP contribution in [0.4, 0.5) is 0 Å². The molecule has 2 N–H and O–H groups in total. The molecule has 4 heteroatoms. The fraction of sp³-hybridized carbons (Fsp3) is 0.400. The van der Waals surface area contributed by atoms with E-state index in [2.05, 4.69) is 5.32 Å². The third-order valence-electron chi connectivity index (χ3n) is 1.79. The second kappa shape index (κ2) is 5.56. The van der Waals surface area contributed by atoms with E-state index in [1.165, 1.54) is 0 Å². The first-order chi connectivity index (χ1) is 6.61. The van der Waals surface area contributed by atoms with Crippen molar-refractivity contribution in [1.29, 1.82) is 0 Å². The van der Waals surface area contributed by atoms with E-state index < -0.39 is 0 Å². The van der Waals surface area contributed by atoms with Gasteiger partial charge in [0, 0.05) is 13.1 Å². The molecule has 0 aliphatic rings. The number of halogens is 2. The fourth-order valence-electron chi connectivity index (χ4n) is 1.10. The second-order valence-corrected chi connectivity index (χ2v) is 3.98. The molecule has 0 amide bonds. The van der Waals surface area contributed by atoms with E-state index >= 15 is 0 Å². The first-order valence-electron chi connectivity index (χ1n) is 4.43. The molecule has 2 nitrogen and oxygen atoms in total. The molecule has 0 fully saturated rings. The maximum atomic E-state index is 9.03. The third-order valence-corrected chi connectivity index (χ3v) is 2.64. The lowest BCUT2D eigenvalue weighted by atomic mass is 10.2. The lowest BCUT2D eigenvalue weighted by molar-refractivity contribution is 0.191. The zero-order valence-electron chi connectivity index (χ0n) is 7.93. The highest BCUT2D eigenvalue weighted by atomic mass is 35.5. The van der Waals surface area contributed by atoms with Crippen molar-refractivity contribution < 1.29 is 5.11 Å². The summed E-state index contributed by atoms with van der Waals surface area (Å²) >= 11 is 11.8. The molecular weight excluding hydrogens is 221 g/mol. The molecule has 0 radical (unpaired) electrons. The summed E-state index contributed by atoms with van der Waals surface area (Å²) in [5.41, 5.74) is 0.944. The highest BCUT2D eigenvalue weighted by molar-refractivity contribution is 6.42. The molecule has 0 aliphatic heterocycles. The van der Waals surface area contributed by atoms with Crippen molar-refractivity contribution in [3.63, 3.8) is 0 Å². The van der Waals surface area contributed by atoms with Crippen molar-refractivity contribution in [2.45, 2.75) is 19.6 Å². The molecule has 78 valence electrons. The van der Waals surface area contributed by atoms with E-state index in [-0.39, 0.29) is 6.10 Å². The van der Waals surface area contributed by atoms with Crippen LogP contribution in [0.25, 0.3) is 0 Å². The van der Waals surface area contributed by atoms with Crippen molar-refractivity contribution in [2.24, 2.45) is 0 Å². The highest BCUT2D eigenvalue weighted by Crippen LogP contribution is 2.25. The molecule has 1 rings (SSSR count). The largest absolute Gasteiger partial charge is 0.392 e. The summed E-state index contributed by atoms with van der Waals surface area (Å²) in [6.07, 6.45) is -0.354. The summed E-state index contributed by atoms with van der Waals surface area (Å²) in [4.78, 5) is 0. The van der Waals surface area contributed by atoms with Crippen LogP contribution in [-0.2, 0) is 6.54 Å². The van der Waals surface area contributed by atoms with Gasteiger partial charge in [-0.3, -0.25) is 0 Å². The van der Waals surface area contributed by atoms with Gasteiger partial charge in [0.25, 0.3) is 0 Å². The molecule has 0 saturated carbocycles. The van der Waals surface area contributed by atoms with Crippen molar-refractivity contribution in [1.82, 2.24) is 5.32 Å². The van der Waals surface area contributed by atoms with Crippen molar-refractivity contribution in [3.05, 3.63) is 33.8 Å². The number of nitrogens with one attached hydrogen (secondary N) is 1. The smallest absolute Gasteiger partial charge is 0.0637 e. The SMILES string of the molecule is CC(O)CNCc1cccc(Cl)c1Cl. The molecule has 0 spiro atoms. The van der Waals surface area contributed by atoms with Crippen LogP contribution in [0, 0.1) is 0 Å². The van der Waals surface area contributed by atoms with Crippen molar-refractivity contribution in [2.75, 3.05) is 6.54 Å². The van der Waals surface area contributed by atoms with E-state index in [4.69, 9.17) is 28.3 Å². The lowest BCUT2D eigenvalue weighted by Crippen LogP contribution is -2.23. The topological polar surface area (TPSA) is 32.3 Å². The minimum atomic E-state index is -0.354. The maximum absolute atomic E-state index is 9.03. The van der Waals surface area contributed by atoms with E-state index in [0.717, 1.165) is 5.56 Å². The quantitative estimate of drug-likeness (QED) is 0.838. The molecule has 0 saturated heterocycles. The summed E-state index contributed by atoms with van der Waals surface area (Å²) in [6, 6.07) is 5.51. The summed E-state index contributed by atoms with van der Waals surface area (Å²) in [5, 5.41) is 13.2. The number of rotatable bonds is 4. The van der Waals surface area contributed by atoms with Gasteiger partial charge in [0.15, 0.2) is 0 Å². The molecule has 1 aromatic rings. The average molecular weight is 234 g/mol. The Morgan fingerprint density at radius 1 is 1.43 bits per heavy atom. The average Bonchev–Trinajstić information content (AvgIpc) is 2.12. The van der Waals surface area contributed by atoms with Gasteiger partial charge in [-0.05, 0) is 18.6 Å². The number of aliphatic hydroxyl groups excluding tert-OH is 1. The molecular formula is C10H13Cl2NO. The predicted molar refractivity (Wildman–Crippen MR) is 59.8 cm³/mol. The Morgan fingerprint density at radius 3 is 2.79 bits per heavy atom. The Labute approximate surface area is 93.8 Å². The fourth-order valence-corrected chi connectivity index (χ4v) is 1.49. The van der Waals surface area contributed by atoms with E-state index in [9.17, 15) is 0 Å². The summed E-state index contributed by atoms with van der Waals surface area (Å²) in [5.74, 6) is 0. The molecule has 0 heterocycles. The second-order valence-electron chi connectivity index (χ2n) is 3.19. The summed E-state index contributed by atoms with van der Waals surface area (Å²) < 4.78 is 0. The minimum Gasteiger partial charge on any atom is -0.392 e. The molecule has 0 aromatic heterocycles. The van der Waals surface area contributed by atoms with E-state index in [1.54, 1.807) is 13.0 Å². The van der Waals surface area contributed by atoms with Crippen molar-refractivity contribution >= 4 is 23.2 Å². The van der Waals surface area contributed by atoms with Crippen LogP contribution in [0.2, 0.25) is 10.0 Å². The van der Waals surface area contributed by atoms with Gasteiger partial charge >= 0.3 is 0 Å². The first-order valence-corrected chi connectivity index (χ1v) is 5.18. The maximum Gasteiger partial charge on any atom is 0.0637 e. The van der Waals surface area contributed by atoms with Crippen LogP contribution >= 0.6 is 23.2 Å². The number of hydrogen-bond donors (Lipinski definition) is 2. The zero-order chi connectivity index (χ0) is 10.6. The molecule has 1 aromatic carbocycles. The summed E-state index contributed by atoms with van der Waals surface area (Å²) in [6.45, 7) is 2.89. The van der Waals surface area contributed by atoms with Crippen LogP contribution in [-0.4, -0.2) is 17.8 Å². The van der Waals surface area contributed by atoms with Gasteiger partial charge in [-0.15, -0.1) is 0 Å². The third kappa shape index (κ3) is 3.46. The first kappa shape index (κ1) is 11.8. The van der Waals surface area contributed by atoms with Crippen LogP contribution in [0.1, 0.15) is 12.5 Å². The Kier molecular flexibility index (Phi) is 4.69. The monoisotopic (exact) mass is 233 g/mol. The standard InChI is InChI=1S/C10H13Cl2NO/c1-7(14)5-13-6-8-3-2-4-9(11)10(8)12/h2-4,7,13-14H,5-6H2,1H3. The Balaban J connectivity index is 2.54. The van der Waals surface area contributed by atoms with Gasteiger partial charge in [-0.1, -0.05) is 35.3 Å². The van der Waals surface area contributed by atoms with Gasteiger partial charge in [0.1, 0.15) is 0 Å². The van der Waals surface area contributed by atoms with E-state index in [1.807, 2.05) is 12.1 Å². The number of benzene rings is 1. The Morgan fingerprint density at radius 2 is 2.14 bits per heavy atom. The summed E-state index contributed by atoms with van der Waals surface area (Å²) in [7, 11) is 0.